The first-order valence-electron chi connectivity index (χ1n) is 15.1. The zero-order valence-electron chi connectivity index (χ0n) is 25.4. The number of methoxy groups -OCH3 is 1. The molecule has 0 saturated carbocycles. The van der Waals surface area contributed by atoms with Crippen molar-refractivity contribution in [3.63, 3.8) is 0 Å². The van der Waals surface area contributed by atoms with Crippen LogP contribution in [0.5, 0.6) is 5.75 Å². The van der Waals surface area contributed by atoms with E-state index in [9.17, 15) is 0 Å². The molecule has 5 aromatic carbocycles. The smallest absolute Gasteiger partial charge is 0.119 e. The standard InChI is InChI=1S/C41H32N2OS2/c1-3-32(42(34-23-25-36(44-2)26-24-34)38-18-10-13-31-12-7-8-17-37(31)38)16-9-11-30-19-21-35(22-20-30)43(33-14-5-4-6-15-33)41-29-40-39(46-41)27-28-45-40/h3-29H,1H2,2H3/b11-9+,32-16+. The molecule has 3 nitrogen and oxygen atoms in total. The van der Waals surface area contributed by atoms with Crippen LogP contribution in [0.3, 0.4) is 0 Å². The minimum Gasteiger partial charge on any atom is -0.497 e. The third-order valence-corrected chi connectivity index (χ3v) is 9.95. The summed E-state index contributed by atoms with van der Waals surface area (Å²) in [7, 11) is 1.69. The molecule has 2 heterocycles. The van der Waals surface area contributed by atoms with Gasteiger partial charge >= 0.3 is 0 Å². The van der Waals surface area contributed by atoms with Crippen LogP contribution in [0.4, 0.5) is 27.8 Å². The van der Waals surface area contributed by atoms with Gasteiger partial charge in [-0.1, -0.05) is 85.5 Å². The number of fused-ring (bicyclic) bond motifs is 2. The van der Waals surface area contributed by atoms with Gasteiger partial charge in [-0.15, -0.1) is 22.7 Å². The molecule has 5 heteroatoms. The highest BCUT2D eigenvalue weighted by molar-refractivity contribution is 7.29. The third kappa shape index (κ3) is 5.98. The molecule has 224 valence electrons. The first kappa shape index (κ1) is 29.4. The van der Waals surface area contributed by atoms with Gasteiger partial charge in [0.2, 0.25) is 0 Å². The number of benzene rings is 5. The van der Waals surface area contributed by atoms with Crippen molar-refractivity contribution in [3.05, 3.63) is 175 Å². The van der Waals surface area contributed by atoms with Crippen LogP contribution in [-0.2, 0) is 0 Å². The number of nitrogens with zero attached hydrogens (tertiary/aromatic N) is 2. The van der Waals surface area contributed by atoms with Crippen LogP contribution in [0.1, 0.15) is 5.56 Å². The van der Waals surface area contributed by atoms with E-state index >= 15 is 0 Å². The van der Waals surface area contributed by atoms with E-state index in [0.717, 1.165) is 39.8 Å². The van der Waals surface area contributed by atoms with Crippen LogP contribution in [0.15, 0.2) is 169 Å². The average Bonchev–Trinajstić information content (AvgIpc) is 3.72. The van der Waals surface area contributed by atoms with Crippen molar-refractivity contribution < 1.29 is 4.74 Å². The lowest BCUT2D eigenvalue weighted by Crippen LogP contribution is -2.15. The Morgan fingerprint density at radius 2 is 1.43 bits per heavy atom. The van der Waals surface area contributed by atoms with Crippen LogP contribution >= 0.6 is 22.7 Å². The number of allylic oxidation sites excluding steroid dienone is 3. The molecule has 0 fully saturated rings. The molecule has 46 heavy (non-hydrogen) atoms. The second kappa shape index (κ2) is 13.3. The Balaban J connectivity index is 1.21. The van der Waals surface area contributed by atoms with Crippen LogP contribution in [0, 0.1) is 0 Å². The van der Waals surface area contributed by atoms with Crippen molar-refractivity contribution in [1.29, 1.82) is 0 Å². The molecule has 0 amide bonds. The maximum atomic E-state index is 5.44. The molecule has 2 aromatic heterocycles. The van der Waals surface area contributed by atoms with E-state index in [2.05, 4.69) is 161 Å². The lowest BCUT2D eigenvalue weighted by atomic mass is 10.1. The molecular formula is C41H32N2OS2. The van der Waals surface area contributed by atoms with Gasteiger partial charge in [0, 0.05) is 37.5 Å². The van der Waals surface area contributed by atoms with Gasteiger partial charge < -0.3 is 14.5 Å². The highest BCUT2D eigenvalue weighted by Gasteiger charge is 2.17. The van der Waals surface area contributed by atoms with Crippen LogP contribution in [0.2, 0.25) is 0 Å². The fourth-order valence-corrected chi connectivity index (χ4v) is 7.78. The monoisotopic (exact) mass is 632 g/mol. The maximum absolute atomic E-state index is 5.44. The van der Waals surface area contributed by atoms with Crippen LogP contribution in [-0.4, -0.2) is 7.11 Å². The van der Waals surface area contributed by atoms with E-state index in [0.29, 0.717) is 0 Å². The zero-order chi connectivity index (χ0) is 31.3. The first-order valence-corrected chi connectivity index (χ1v) is 16.8. The zero-order valence-corrected chi connectivity index (χ0v) is 27.0. The quantitative estimate of drug-likeness (QED) is 0.140. The lowest BCUT2D eigenvalue weighted by Gasteiger charge is -2.27. The second-order valence-corrected chi connectivity index (χ2v) is 12.7. The van der Waals surface area contributed by atoms with Crippen molar-refractivity contribution in [2.45, 2.75) is 0 Å². The number of anilines is 5. The Morgan fingerprint density at radius 3 is 2.20 bits per heavy atom. The van der Waals surface area contributed by atoms with Crippen molar-refractivity contribution in [1.82, 2.24) is 0 Å². The fourth-order valence-electron chi connectivity index (χ4n) is 5.63. The second-order valence-electron chi connectivity index (χ2n) is 10.7. The van der Waals surface area contributed by atoms with Crippen molar-refractivity contribution in [2.24, 2.45) is 0 Å². The molecule has 0 bridgehead atoms. The summed E-state index contributed by atoms with van der Waals surface area (Å²) < 4.78 is 8.08. The number of hydrogen-bond acceptors (Lipinski definition) is 5. The Bertz CT molecular complexity index is 2120. The molecule has 0 atom stereocenters. The molecule has 0 N–H and O–H groups in total. The molecule has 0 aliphatic carbocycles. The van der Waals surface area contributed by atoms with Gasteiger partial charge in [-0.3, -0.25) is 0 Å². The van der Waals surface area contributed by atoms with Crippen LogP contribution in [0.25, 0.3) is 26.2 Å². The van der Waals surface area contributed by atoms with Gasteiger partial charge in [0.25, 0.3) is 0 Å². The van der Waals surface area contributed by atoms with Gasteiger partial charge in [-0.25, -0.2) is 0 Å². The summed E-state index contributed by atoms with van der Waals surface area (Å²) in [6.07, 6.45) is 8.25. The third-order valence-electron chi connectivity index (χ3n) is 7.87. The molecule has 0 saturated heterocycles. The van der Waals surface area contributed by atoms with E-state index in [4.69, 9.17) is 4.74 Å². The molecule has 0 radical (unpaired) electrons. The van der Waals surface area contributed by atoms with Gasteiger partial charge in [0.1, 0.15) is 10.8 Å². The normalized spacial score (nSPS) is 11.7. The Kier molecular flexibility index (Phi) is 8.51. The molecular weight excluding hydrogens is 601 g/mol. The van der Waals surface area contributed by atoms with Gasteiger partial charge in [-0.2, -0.15) is 0 Å². The van der Waals surface area contributed by atoms with Gasteiger partial charge in [0.15, 0.2) is 0 Å². The minimum absolute atomic E-state index is 0.818. The molecule has 0 aliphatic heterocycles. The molecule has 7 aromatic rings. The fraction of sp³-hybridized carbons (Fsp3) is 0.0244. The highest BCUT2D eigenvalue weighted by Crippen LogP contribution is 2.43. The summed E-state index contributed by atoms with van der Waals surface area (Å²) in [6.45, 7) is 4.20. The summed E-state index contributed by atoms with van der Waals surface area (Å²) in [5, 5.41) is 5.72. The summed E-state index contributed by atoms with van der Waals surface area (Å²) in [4.78, 5) is 4.57. The minimum atomic E-state index is 0.818. The predicted molar refractivity (Wildman–Crippen MR) is 201 cm³/mol. The summed E-state index contributed by atoms with van der Waals surface area (Å²) >= 11 is 3.61. The Labute approximate surface area is 277 Å². The van der Waals surface area contributed by atoms with E-state index in [1.54, 1.807) is 18.4 Å². The van der Waals surface area contributed by atoms with E-state index in [1.807, 2.05) is 29.5 Å². The topological polar surface area (TPSA) is 15.7 Å². The summed E-state index contributed by atoms with van der Waals surface area (Å²) in [5.74, 6) is 0.818. The Morgan fingerprint density at radius 1 is 0.717 bits per heavy atom. The molecule has 0 spiro atoms. The number of ether oxygens (including phenoxy) is 1. The average molecular weight is 633 g/mol. The Hall–Kier alpha value is -5.36. The van der Waals surface area contributed by atoms with E-state index < -0.39 is 0 Å². The summed E-state index contributed by atoms with van der Waals surface area (Å²) in [6, 6.07) is 46.8. The van der Waals surface area contributed by atoms with Crippen LogP contribution < -0.4 is 14.5 Å². The lowest BCUT2D eigenvalue weighted by molar-refractivity contribution is 0.415. The predicted octanol–water partition coefficient (Wildman–Crippen LogP) is 12.5. The molecule has 0 aliphatic rings. The largest absolute Gasteiger partial charge is 0.497 e. The highest BCUT2D eigenvalue weighted by atomic mass is 32.1. The van der Waals surface area contributed by atoms with Crippen molar-refractivity contribution >= 4 is 76.7 Å². The van der Waals surface area contributed by atoms with Gasteiger partial charge in [-0.05, 0) is 95.2 Å². The van der Waals surface area contributed by atoms with Gasteiger partial charge in [0.05, 0.1) is 12.8 Å². The molecule has 0 unspecified atom stereocenters. The first-order chi connectivity index (χ1) is 22.7. The number of thiophene rings is 2. The number of hydrogen-bond donors (Lipinski definition) is 0. The number of para-hydroxylation sites is 1. The summed E-state index contributed by atoms with van der Waals surface area (Å²) in [5.41, 5.74) is 6.45. The molecule has 7 rings (SSSR count). The number of rotatable bonds is 10. The van der Waals surface area contributed by atoms with E-state index in [-0.39, 0.29) is 0 Å². The van der Waals surface area contributed by atoms with Crippen molar-refractivity contribution in [2.75, 3.05) is 16.9 Å². The van der Waals surface area contributed by atoms with E-state index in [1.165, 1.54) is 25.2 Å². The van der Waals surface area contributed by atoms with Crippen molar-refractivity contribution in [3.8, 4) is 5.75 Å². The maximum Gasteiger partial charge on any atom is 0.119 e. The SMILES string of the molecule is C=C/C(=C\C=C\c1ccc(N(c2ccccc2)c2cc3sccc3s2)cc1)N(c1ccc(OC)cc1)c1cccc2ccccc12.